The summed E-state index contributed by atoms with van der Waals surface area (Å²) in [5, 5.41) is 21.0. The number of H-pyrrole nitrogens is 1. The number of ketones is 1. The summed E-state index contributed by atoms with van der Waals surface area (Å²) in [7, 11) is 0. The van der Waals surface area contributed by atoms with Crippen LogP contribution in [0.2, 0.25) is 0 Å². The van der Waals surface area contributed by atoms with E-state index in [1.165, 1.54) is 17.0 Å². The molecule has 2 atom stereocenters. The Labute approximate surface area is 196 Å². The van der Waals surface area contributed by atoms with Crippen molar-refractivity contribution < 1.29 is 29.1 Å². The van der Waals surface area contributed by atoms with Gasteiger partial charge in [-0.15, -0.1) is 0 Å². The van der Waals surface area contributed by atoms with Gasteiger partial charge >= 0.3 is 0 Å². The first-order valence-electron chi connectivity index (χ1n) is 11.3. The maximum absolute atomic E-state index is 13.2. The second-order valence-corrected chi connectivity index (χ2v) is 8.74. The molecule has 1 saturated heterocycles. The second kappa shape index (κ2) is 8.70. The van der Waals surface area contributed by atoms with Gasteiger partial charge in [0.2, 0.25) is 6.33 Å². The number of amides is 1. The molecule has 2 aliphatic rings. The highest BCUT2D eigenvalue weighted by molar-refractivity contribution is 6.46. The fourth-order valence-electron chi connectivity index (χ4n) is 4.72. The number of benzene rings is 2. The summed E-state index contributed by atoms with van der Waals surface area (Å²) in [4.78, 5) is 30.7. The number of carbonyl (C=O) groups is 2. The van der Waals surface area contributed by atoms with E-state index in [2.05, 4.69) is 4.98 Å². The lowest BCUT2D eigenvalue weighted by Gasteiger charge is -2.25. The highest BCUT2D eigenvalue weighted by atomic mass is 16.5. The number of phenolic OH excluding ortho intramolecular Hbond substituents is 1. The minimum absolute atomic E-state index is 0.0490. The van der Waals surface area contributed by atoms with Crippen LogP contribution in [0.4, 0.5) is 0 Å². The van der Waals surface area contributed by atoms with E-state index in [0.29, 0.717) is 37.1 Å². The third kappa shape index (κ3) is 3.91. The highest BCUT2D eigenvalue weighted by Crippen LogP contribution is 2.41. The van der Waals surface area contributed by atoms with Gasteiger partial charge in [0.15, 0.2) is 0 Å². The Bertz CT molecular complexity index is 1260. The maximum Gasteiger partial charge on any atom is 0.295 e. The monoisotopic (exact) mass is 460 g/mol. The Kier molecular flexibility index (Phi) is 5.57. The minimum atomic E-state index is -0.750. The van der Waals surface area contributed by atoms with Gasteiger partial charge in [-0.25, -0.2) is 4.57 Å². The van der Waals surface area contributed by atoms with Crippen LogP contribution in [0.25, 0.3) is 5.76 Å². The van der Waals surface area contributed by atoms with Crippen LogP contribution in [0.15, 0.2) is 66.8 Å². The first-order chi connectivity index (χ1) is 16.4. The van der Waals surface area contributed by atoms with Crippen LogP contribution in [0.3, 0.4) is 0 Å². The zero-order valence-electron chi connectivity index (χ0n) is 18.8. The summed E-state index contributed by atoms with van der Waals surface area (Å²) >= 11 is 0. The Hall–Kier alpha value is -4.07. The molecule has 174 valence electrons. The van der Waals surface area contributed by atoms with Crippen molar-refractivity contribution in [1.29, 1.82) is 0 Å². The number of ether oxygens (including phenoxy) is 1. The summed E-state index contributed by atoms with van der Waals surface area (Å²) in [6, 6.07) is 10.9. The van der Waals surface area contributed by atoms with Crippen molar-refractivity contribution in [2.45, 2.75) is 38.5 Å². The van der Waals surface area contributed by atoms with Crippen LogP contribution < -0.4 is 9.30 Å². The molecular weight excluding hydrogens is 434 g/mol. The molecule has 3 N–H and O–H groups in total. The Morgan fingerprint density at radius 1 is 1.21 bits per heavy atom. The number of nitrogens with one attached hydrogen (secondary N) is 1. The van der Waals surface area contributed by atoms with Crippen LogP contribution in [0, 0.1) is 0 Å². The molecule has 3 heterocycles. The van der Waals surface area contributed by atoms with Crippen molar-refractivity contribution in [1.82, 2.24) is 9.88 Å². The molecule has 2 unspecified atom stereocenters. The molecule has 0 saturated carbocycles. The van der Waals surface area contributed by atoms with Crippen LogP contribution in [0.1, 0.15) is 36.1 Å². The van der Waals surface area contributed by atoms with Gasteiger partial charge in [-0.2, -0.15) is 0 Å². The smallest absolute Gasteiger partial charge is 0.295 e. The van der Waals surface area contributed by atoms with Crippen molar-refractivity contribution in [2.75, 3.05) is 6.54 Å². The first kappa shape index (κ1) is 21.8. The van der Waals surface area contributed by atoms with Gasteiger partial charge in [-0.3, -0.25) is 14.6 Å². The molecule has 3 aromatic rings. The fraction of sp³-hybridized carbons (Fsp3) is 0.269. The summed E-state index contributed by atoms with van der Waals surface area (Å²) in [5.41, 5.74) is 2.12. The number of aliphatic hydroxyl groups excluding tert-OH is 1. The minimum Gasteiger partial charge on any atom is -0.508 e. The molecule has 1 fully saturated rings. The molecule has 8 nitrogen and oxygen atoms in total. The number of fused-ring (bicyclic) bond motifs is 1. The number of carbonyl (C=O) groups excluding carboxylic acids is 2. The number of aliphatic hydroxyl groups is 1. The lowest BCUT2D eigenvalue weighted by molar-refractivity contribution is -0.695. The summed E-state index contributed by atoms with van der Waals surface area (Å²) < 4.78 is 7.70. The van der Waals surface area contributed by atoms with Gasteiger partial charge in [0.05, 0.1) is 18.2 Å². The Morgan fingerprint density at radius 3 is 2.74 bits per heavy atom. The van der Waals surface area contributed by atoms with E-state index in [1.807, 2.05) is 36.3 Å². The predicted molar refractivity (Wildman–Crippen MR) is 123 cm³/mol. The molecule has 0 aliphatic carbocycles. The number of aromatic hydroxyl groups is 1. The number of likely N-dealkylation sites (tertiary alicyclic amines) is 1. The number of imidazole rings is 1. The SMILES string of the molecule is CC1Cc2cc(/C(O)=C3\C(=O)C(=O)N(CCC[n+]4cc[nH]c4)C3c3ccc(O)cc3)ccc2O1. The number of aryl methyl sites for hydroxylation is 1. The Balaban J connectivity index is 1.52. The lowest BCUT2D eigenvalue weighted by atomic mass is 9.94. The van der Waals surface area contributed by atoms with E-state index in [-0.39, 0.29) is 23.2 Å². The third-order valence-corrected chi connectivity index (χ3v) is 6.34. The predicted octanol–water partition coefficient (Wildman–Crippen LogP) is 2.84. The number of nitrogens with zero attached hydrogens (tertiary/aromatic N) is 2. The van der Waals surface area contributed by atoms with Gasteiger partial charge in [0.1, 0.15) is 35.8 Å². The van der Waals surface area contributed by atoms with Crippen molar-refractivity contribution in [3.05, 3.63) is 83.4 Å². The fourth-order valence-corrected chi connectivity index (χ4v) is 4.72. The molecule has 0 bridgehead atoms. The summed E-state index contributed by atoms with van der Waals surface area (Å²) in [5.74, 6) is -0.716. The molecule has 2 aliphatic heterocycles. The lowest BCUT2D eigenvalue weighted by Crippen LogP contribution is -2.36. The number of aromatic nitrogens is 2. The number of rotatable bonds is 6. The number of hydrogen-bond donors (Lipinski definition) is 3. The van der Waals surface area contributed by atoms with Crippen molar-refractivity contribution in [3.63, 3.8) is 0 Å². The summed E-state index contributed by atoms with van der Waals surface area (Å²) in [6.07, 6.45) is 6.91. The van der Waals surface area contributed by atoms with Crippen LogP contribution in [-0.4, -0.2) is 44.4 Å². The average Bonchev–Trinajstić information content (AvgIpc) is 3.53. The van der Waals surface area contributed by atoms with Crippen LogP contribution in [0.5, 0.6) is 11.5 Å². The molecule has 1 amide bonds. The molecule has 34 heavy (non-hydrogen) atoms. The van der Waals surface area contributed by atoms with Crippen molar-refractivity contribution in [2.24, 2.45) is 0 Å². The van der Waals surface area contributed by atoms with Crippen LogP contribution >= 0.6 is 0 Å². The van der Waals surface area contributed by atoms with E-state index in [1.54, 1.807) is 24.3 Å². The molecular formula is C26H26N3O5+. The Morgan fingerprint density at radius 2 is 2.00 bits per heavy atom. The van der Waals surface area contributed by atoms with Gasteiger partial charge in [-0.1, -0.05) is 12.1 Å². The van der Waals surface area contributed by atoms with Gasteiger partial charge in [0, 0.05) is 24.9 Å². The van der Waals surface area contributed by atoms with Crippen LogP contribution in [-0.2, 0) is 22.6 Å². The second-order valence-electron chi connectivity index (χ2n) is 8.74. The third-order valence-electron chi connectivity index (χ3n) is 6.34. The topological polar surface area (TPSA) is 107 Å². The zero-order chi connectivity index (χ0) is 23.8. The molecule has 0 spiro atoms. The highest BCUT2D eigenvalue weighted by Gasteiger charge is 2.46. The van der Waals surface area contributed by atoms with E-state index < -0.39 is 17.7 Å². The maximum atomic E-state index is 13.2. The van der Waals surface area contributed by atoms with Gasteiger partial charge < -0.3 is 19.8 Å². The van der Waals surface area contributed by atoms with Gasteiger partial charge in [0.25, 0.3) is 11.7 Å². The largest absolute Gasteiger partial charge is 0.508 e. The molecule has 5 rings (SSSR count). The number of hydrogen-bond acceptors (Lipinski definition) is 5. The van der Waals surface area contributed by atoms with Gasteiger partial charge in [-0.05, 0) is 48.4 Å². The van der Waals surface area contributed by atoms with Crippen molar-refractivity contribution >= 4 is 17.4 Å². The normalized spacial score (nSPS) is 21.0. The van der Waals surface area contributed by atoms with Crippen molar-refractivity contribution in [3.8, 4) is 11.5 Å². The average molecular weight is 461 g/mol. The summed E-state index contributed by atoms with van der Waals surface area (Å²) in [6.45, 7) is 2.97. The number of phenols is 1. The number of Topliss-reactive ketones (excluding diaryl/α,β-unsaturated/α-hetero) is 1. The standard InChI is InChI=1S/C26H25N3O5/c1-16-13-19-14-18(5-8-21(19)34-16)24(31)22-23(17-3-6-20(30)7-4-17)29(26(33)25(22)32)11-2-10-28-12-9-27-15-28/h3-9,12,14-16,23H,2,10-11,13H2,1H3,(H2,30,31,32)/p+1. The molecule has 8 heteroatoms. The van der Waals surface area contributed by atoms with E-state index in [9.17, 15) is 19.8 Å². The molecule has 0 radical (unpaired) electrons. The van der Waals surface area contributed by atoms with E-state index in [0.717, 1.165) is 11.3 Å². The first-order valence-corrected chi connectivity index (χ1v) is 11.3. The zero-order valence-corrected chi connectivity index (χ0v) is 18.8. The number of aromatic amines is 1. The quantitative estimate of drug-likeness (QED) is 0.227. The molecule has 1 aromatic heterocycles. The molecule has 2 aromatic carbocycles. The van der Waals surface area contributed by atoms with E-state index >= 15 is 0 Å². The van der Waals surface area contributed by atoms with E-state index in [4.69, 9.17) is 4.74 Å².